The van der Waals surface area contributed by atoms with Crippen LogP contribution in [0.15, 0.2) is 24.3 Å². The molecule has 5 heteroatoms. The van der Waals surface area contributed by atoms with Gasteiger partial charge in [-0.05, 0) is 50.7 Å². The van der Waals surface area contributed by atoms with Crippen molar-refractivity contribution in [2.45, 2.75) is 25.9 Å². The quantitative estimate of drug-likeness (QED) is 0.893. The van der Waals surface area contributed by atoms with Crippen LogP contribution in [-0.2, 0) is 11.3 Å². The first-order valence-electron chi connectivity index (χ1n) is 8.12. The molecule has 5 nitrogen and oxygen atoms in total. The van der Waals surface area contributed by atoms with Crippen molar-refractivity contribution < 1.29 is 4.79 Å². The van der Waals surface area contributed by atoms with Gasteiger partial charge in [-0.25, -0.2) is 0 Å². The first-order valence-corrected chi connectivity index (χ1v) is 8.12. The van der Waals surface area contributed by atoms with E-state index in [4.69, 9.17) is 5.26 Å². The Hall–Kier alpha value is -1.90. The number of rotatable bonds is 5. The zero-order valence-electron chi connectivity index (χ0n) is 14.2. The van der Waals surface area contributed by atoms with E-state index in [1.165, 1.54) is 5.56 Å². The molecule has 2 atom stereocenters. The monoisotopic (exact) mass is 314 g/mol. The molecule has 1 aromatic rings. The molecule has 0 spiro atoms. The van der Waals surface area contributed by atoms with Gasteiger partial charge in [0.2, 0.25) is 5.91 Å². The highest BCUT2D eigenvalue weighted by Crippen LogP contribution is 2.22. The van der Waals surface area contributed by atoms with Crippen molar-refractivity contribution in [1.29, 1.82) is 5.26 Å². The van der Waals surface area contributed by atoms with E-state index in [0.29, 0.717) is 17.5 Å². The molecule has 0 aromatic heterocycles. The molecule has 0 saturated carbocycles. The minimum absolute atomic E-state index is 0.0440. The minimum atomic E-state index is 0.0440. The number of carbonyl (C=O) groups excluding carboxylic acids is 1. The Morgan fingerprint density at radius 2 is 2.09 bits per heavy atom. The summed E-state index contributed by atoms with van der Waals surface area (Å²) in [5.74, 6) is 0.536. The van der Waals surface area contributed by atoms with Crippen molar-refractivity contribution in [1.82, 2.24) is 15.1 Å². The molecule has 1 fully saturated rings. The Morgan fingerprint density at radius 1 is 1.39 bits per heavy atom. The maximum atomic E-state index is 11.2. The molecule has 0 bridgehead atoms. The average Bonchev–Trinajstić information content (AvgIpc) is 2.54. The third kappa shape index (κ3) is 5.05. The van der Waals surface area contributed by atoms with Crippen molar-refractivity contribution in [3.8, 4) is 6.07 Å². The highest BCUT2D eigenvalue weighted by Gasteiger charge is 2.30. The van der Waals surface area contributed by atoms with Gasteiger partial charge >= 0.3 is 0 Å². The van der Waals surface area contributed by atoms with Gasteiger partial charge in [0.25, 0.3) is 0 Å². The molecule has 1 N–H and O–H groups in total. The van der Waals surface area contributed by atoms with Crippen molar-refractivity contribution in [3.05, 3.63) is 35.4 Å². The van der Waals surface area contributed by atoms with E-state index >= 15 is 0 Å². The third-order valence-corrected chi connectivity index (χ3v) is 4.57. The summed E-state index contributed by atoms with van der Waals surface area (Å²) in [5.41, 5.74) is 1.94. The number of hydrogen-bond acceptors (Lipinski definition) is 4. The van der Waals surface area contributed by atoms with E-state index in [0.717, 1.165) is 32.6 Å². The highest BCUT2D eigenvalue weighted by molar-refractivity contribution is 5.72. The van der Waals surface area contributed by atoms with Gasteiger partial charge in [0.15, 0.2) is 0 Å². The van der Waals surface area contributed by atoms with E-state index < -0.39 is 0 Å². The molecule has 1 aromatic carbocycles. The van der Waals surface area contributed by atoms with Gasteiger partial charge in [-0.2, -0.15) is 5.26 Å². The largest absolute Gasteiger partial charge is 0.356 e. The standard InChI is InChI=1S/C18H26N4O/c1-14(23)20-11-17-8-9-22(13-18(17)21(2)3)12-16-6-4-15(10-19)5-7-16/h4-7,17-18H,8-9,11-13H2,1-3H3,(H,20,23)/t17-,18-/m1/s1. The molecular formula is C18H26N4O. The lowest BCUT2D eigenvalue weighted by Gasteiger charge is -2.42. The number of nitrogens with zero attached hydrogens (tertiary/aromatic N) is 3. The summed E-state index contributed by atoms with van der Waals surface area (Å²) in [6.45, 7) is 5.27. The molecule has 23 heavy (non-hydrogen) atoms. The van der Waals surface area contributed by atoms with Crippen LogP contribution >= 0.6 is 0 Å². The number of carbonyl (C=O) groups is 1. The fourth-order valence-corrected chi connectivity index (χ4v) is 3.23. The second kappa shape index (κ2) is 8.09. The van der Waals surface area contributed by atoms with Crippen molar-refractivity contribution in [2.24, 2.45) is 5.92 Å². The predicted octanol–water partition coefficient (Wildman–Crippen LogP) is 1.45. The van der Waals surface area contributed by atoms with Gasteiger partial charge in [0, 0.05) is 32.6 Å². The van der Waals surface area contributed by atoms with E-state index in [1.54, 1.807) is 6.92 Å². The lowest BCUT2D eigenvalue weighted by Crippen LogP contribution is -2.52. The average molecular weight is 314 g/mol. The number of benzene rings is 1. The minimum Gasteiger partial charge on any atom is -0.356 e. The number of nitrogens with one attached hydrogen (secondary N) is 1. The Balaban J connectivity index is 1.95. The summed E-state index contributed by atoms with van der Waals surface area (Å²) < 4.78 is 0. The maximum Gasteiger partial charge on any atom is 0.216 e. The fourth-order valence-electron chi connectivity index (χ4n) is 3.23. The van der Waals surface area contributed by atoms with E-state index in [9.17, 15) is 4.79 Å². The molecule has 0 radical (unpaired) electrons. The zero-order chi connectivity index (χ0) is 16.8. The second-order valence-electron chi connectivity index (χ2n) is 6.56. The Kier molecular flexibility index (Phi) is 6.14. The topological polar surface area (TPSA) is 59.4 Å². The summed E-state index contributed by atoms with van der Waals surface area (Å²) in [6, 6.07) is 10.4. The molecular weight excluding hydrogens is 288 g/mol. The third-order valence-electron chi connectivity index (χ3n) is 4.57. The summed E-state index contributed by atoms with van der Waals surface area (Å²) >= 11 is 0. The van der Waals surface area contributed by atoms with Gasteiger partial charge in [-0.1, -0.05) is 12.1 Å². The normalized spacial score (nSPS) is 21.9. The van der Waals surface area contributed by atoms with Gasteiger partial charge in [-0.3, -0.25) is 9.69 Å². The Morgan fingerprint density at radius 3 is 2.65 bits per heavy atom. The fraction of sp³-hybridized carbons (Fsp3) is 0.556. The SMILES string of the molecule is CC(=O)NC[C@H]1CCN(Cc2ccc(C#N)cc2)C[C@H]1N(C)C. The summed E-state index contributed by atoms with van der Waals surface area (Å²) in [5, 5.41) is 11.8. The number of piperidine rings is 1. The second-order valence-corrected chi connectivity index (χ2v) is 6.56. The van der Waals surface area contributed by atoms with Crippen molar-refractivity contribution in [3.63, 3.8) is 0 Å². The smallest absolute Gasteiger partial charge is 0.216 e. The van der Waals surface area contributed by atoms with Crippen LogP contribution in [-0.4, -0.2) is 55.5 Å². The van der Waals surface area contributed by atoms with Crippen LogP contribution in [0.25, 0.3) is 0 Å². The Labute approximate surface area is 138 Å². The van der Waals surface area contributed by atoms with Crippen LogP contribution in [0.2, 0.25) is 0 Å². The van der Waals surface area contributed by atoms with Gasteiger partial charge in [0.05, 0.1) is 11.6 Å². The lowest BCUT2D eigenvalue weighted by atomic mass is 9.90. The lowest BCUT2D eigenvalue weighted by molar-refractivity contribution is -0.119. The zero-order valence-corrected chi connectivity index (χ0v) is 14.2. The van der Waals surface area contributed by atoms with Crippen LogP contribution in [0.3, 0.4) is 0 Å². The van der Waals surface area contributed by atoms with Crippen LogP contribution in [0.4, 0.5) is 0 Å². The van der Waals surface area contributed by atoms with E-state index in [-0.39, 0.29) is 5.91 Å². The summed E-state index contributed by atoms with van der Waals surface area (Å²) in [7, 11) is 4.22. The number of nitriles is 1. The number of hydrogen-bond donors (Lipinski definition) is 1. The predicted molar refractivity (Wildman–Crippen MR) is 90.7 cm³/mol. The van der Waals surface area contributed by atoms with Gasteiger partial charge < -0.3 is 10.2 Å². The molecule has 124 valence electrons. The number of likely N-dealkylation sites (tertiary alicyclic amines) is 1. The van der Waals surface area contributed by atoms with Crippen LogP contribution in [0, 0.1) is 17.2 Å². The first-order chi connectivity index (χ1) is 11.0. The number of amides is 1. The molecule has 0 unspecified atom stereocenters. The maximum absolute atomic E-state index is 11.2. The molecule has 2 rings (SSSR count). The van der Waals surface area contributed by atoms with Crippen LogP contribution in [0.5, 0.6) is 0 Å². The molecule has 1 amide bonds. The van der Waals surface area contributed by atoms with E-state index in [1.807, 2.05) is 24.3 Å². The van der Waals surface area contributed by atoms with Crippen LogP contribution < -0.4 is 5.32 Å². The van der Waals surface area contributed by atoms with Gasteiger partial charge in [-0.15, -0.1) is 0 Å². The number of likely N-dealkylation sites (N-methyl/N-ethyl adjacent to an activating group) is 1. The Bertz CT molecular complexity index is 561. The van der Waals surface area contributed by atoms with Crippen molar-refractivity contribution >= 4 is 5.91 Å². The highest BCUT2D eigenvalue weighted by atomic mass is 16.1. The molecule has 0 aliphatic carbocycles. The van der Waals surface area contributed by atoms with Crippen LogP contribution in [0.1, 0.15) is 24.5 Å². The van der Waals surface area contributed by atoms with Gasteiger partial charge in [0.1, 0.15) is 0 Å². The molecule has 1 saturated heterocycles. The first kappa shape index (κ1) is 17.5. The van der Waals surface area contributed by atoms with E-state index in [2.05, 4.69) is 35.3 Å². The molecule has 1 heterocycles. The summed E-state index contributed by atoms with van der Waals surface area (Å²) in [4.78, 5) is 15.9. The van der Waals surface area contributed by atoms with Crippen molar-refractivity contribution in [2.75, 3.05) is 33.7 Å². The molecule has 1 aliphatic heterocycles. The molecule has 1 aliphatic rings. The summed E-state index contributed by atoms with van der Waals surface area (Å²) in [6.07, 6.45) is 1.08.